The number of nitrogens with zero attached hydrogens (tertiary/aromatic N) is 2. The topological polar surface area (TPSA) is 91.1 Å². The lowest BCUT2D eigenvalue weighted by atomic mass is 10.2. The van der Waals surface area contributed by atoms with Crippen LogP contribution in [0.3, 0.4) is 0 Å². The molecular formula is C13H13N3O3S. The minimum Gasteiger partial charge on any atom is -0.481 e. The number of thioether (sulfide) groups is 1. The number of carbonyl (C=O) groups excluding carboxylic acids is 1. The fraction of sp³-hybridized carbons (Fsp3) is 0.231. The fourth-order valence-corrected chi connectivity index (χ4v) is 2.46. The summed E-state index contributed by atoms with van der Waals surface area (Å²) in [6, 6.07) is 7.74. The Labute approximate surface area is 120 Å². The average Bonchev–Trinajstić information content (AvgIpc) is 2.72. The molecule has 6 nitrogen and oxygen atoms in total. The summed E-state index contributed by atoms with van der Waals surface area (Å²) in [5.41, 5.74) is 2.06. The summed E-state index contributed by atoms with van der Waals surface area (Å²) < 4.78 is 0. The molecule has 0 radical (unpaired) electrons. The van der Waals surface area contributed by atoms with Crippen LogP contribution < -0.4 is 5.32 Å². The third-order valence-corrected chi connectivity index (χ3v) is 3.64. The van der Waals surface area contributed by atoms with Gasteiger partial charge in [0.05, 0.1) is 12.6 Å². The maximum absolute atomic E-state index is 11.5. The van der Waals surface area contributed by atoms with Crippen molar-refractivity contribution in [2.45, 2.75) is 18.6 Å². The number of amidine groups is 1. The molecule has 0 aromatic heterocycles. The summed E-state index contributed by atoms with van der Waals surface area (Å²) in [6.45, 7) is 1.99. The first kappa shape index (κ1) is 14.3. The van der Waals surface area contributed by atoms with Crippen molar-refractivity contribution in [3.8, 4) is 0 Å². The maximum Gasteiger partial charge on any atom is 0.305 e. The molecule has 1 atom stereocenters. The van der Waals surface area contributed by atoms with Gasteiger partial charge in [-0.05, 0) is 12.5 Å². The smallest absolute Gasteiger partial charge is 0.305 e. The van der Waals surface area contributed by atoms with E-state index in [1.165, 1.54) is 0 Å². The van der Waals surface area contributed by atoms with Crippen molar-refractivity contribution >= 4 is 35.0 Å². The summed E-state index contributed by atoms with van der Waals surface area (Å²) in [4.78, 5) is 22.0. The molecule has 1 amide bonds. The molecule has 1 aliphatic heterocycles. The Morgan fingerprint density at radius 3 is 2.80 bits per heavy atom. The summed E-state index contributed by atoms with van der Waals surface area (Å²) in [7, 11) is 0. The van der Waals surface area contributed by atoms with Gasteiger partial charge < -0.3 is 10.4 Å². The Morgan fingerprint density at radius 2 is 2.15 bits per heavy atom. The van der Waals surface area contributed by atoms with Gasteiger partial charge in [0, 0.05) is 0 Å². The number of amides is 1. The van der Waals surface area contributed by atoms with Crippen LogP contribution >= 0.6 is 11.8 Å². The van der Waals surface area contributed by atoms with Crippen LogP contribution in [0, 0.1) is 6.92 Å². The van der Waals surface area contributed by atoms with Crippen LogP contribution in [0.4, 0.5) is 0 Å². The maximum atomic E-state index is 11.5. The molecule has 0 bridgehead atoms. The number of benzene rings is 1. The van der Waals surface area contributed by atoms with E-state index in [0.29, 0.717) is 5.17 Å². The normalized spacial score (nSPS) is 20.6. The second-order valence-electron chi connectivity index (χ2n) is 4.25. The highest BCUT2D eigenvalue weighted by atomic mass is 32.2. The molecule has 104 valence electrons. The van der Waals surface area contributed by atoms with Crippen LogP contribution in [-0.2, 0) is 9.59 Å². The Bertz CT molecular complexity index is 581. The molecule has 1 heterocycles. The van der Waals surface area contributed by atoms with E-state index < -0.39 is 11.2 Å². The largest absolute Gasteiger partial charge is 0.481 e. The highest BCUT2D eigenvalue weighted by molar-refractivity contribution is 8.15. The van der Waals surface area contributed by atoms with E-state index in [-0.39, 0.29) is 12.3 Å². The lowest BCUT2D eigenvalue weighted by Gasteiger charge is -1.97. The lowest BCUT2D eigenvalue weighted by molar-refractivity contribution is -0.138. The van der Waals surface area contributed by atoms with Crippen molar-refractivity contribution in [1.29, 1.82) is 0 Å². The van der Waals surface area contributed by atoms with Gasteiger partial charge in [0.15, 0.2) is 5.17 Å². The molecule has 0 spiro atoms. The summed E-state index contributed by atoms with van der Waals surface area (Å²) in [6.07, 6.45) is 1.35. The van der Waals surface area contributed by atoms with E-state index in [4.69, 9.17) is 5.11 Å². The third kappa shape index (κ3) is 3.92. The average molecular weight is 291 g/mol. The van der Waals surface area contributed by atoms with Gasteiger partial charge in [-0.1, -0.05) is 41.6 Å². The molecule has 0 saturated carbocycles. The molecule has 1 aromatic carbocycles. The van der Waals surface area contributed by atoms with Gasteiger partial charge >= 0.3 is 5.97 Å². The molecule has 2 rings (SSSR count). The molecule has 1 aliphatic rings. The van der Waals surface area contributed by atoms with Crippen molar-refractivity contribution in [3.63, 3.8) is 0 Å². The van der Waals surface area contributed by atoms with Gasteiger partial charge in [0.2, 0.25) is 5.91 Å². The molecule has 1 saturated heterocycles. The second-order valence-corrected chi connectivity index (χ2v) is 5.45. The van der Waals surface area contributed by atoms with Gasteiger partial charge in [-0.3, -0.25) is 9.59 Å². The number of hydrogen-bond acceptors (Lipinski definition) is 5. The van der Waals surface area contributed by atoms with Crippen molar-refractivity contribution in [2.24, 2.45) is 10.2 Å². The Morgan fingerprint density at radius 1 is 1.45 bits per heavy atom. The molecule has 7 heteroatoms. The third-order valence-electron chi connectivity index (χ3n) is 2.57. The number of rotatable bonds is 4. The van der Waals surface area contributed by atoms with Crippen LogP contribution in [0.25, 0.3) is 0 Å². The van der Waals surface area contributed by atoms with Gasteiger partial charge in [0.1, 0.15) is 5.25 Å². The standard InChI is InChI=1S/C13H13N3O3S/c1-8-2-4-9(5-3-8)7-14-16-13-15-12(19)10(20-13)6-11(17)18/h2-5,7,10H,6H2,1H3,(H,17,18)(H,15,16,19). The first-order valence-corrected chi connectivity index (χ1v) is 6.79. The molecule has 20 heavy (non-hydrogen) atoms. The number of aliphatic carboxylic acids is 1. The van der Waals surface area contributed by atoms with Gasteiger partial charge in [-0.2, -0.15) is 5.10 Å². The Balaban J connectivity index is 1.97. The fourth-order valence-electron chi connectivity index (χ4n) is 1.55. The zero-order valence-electron chi connectivity index (χ0n) is 10.7. The first-order chi connectivity index (χ1) is 9.54. The van der Waals surface area contributed by atoms with Crippen LogP contribution in [0.5, 0.6) is 0 Å². The second kappa shape index (κ2) is 6.33. The lowest BCUT2D eigenvalue weighted by Crippen LogP contribution is -2.26. The number of nitrogens with one attached hydrogen (secondary N) is 1. The zero-order valence-corrected chi connectivity index (χ0v) is 11.6. The molecule has 2 N–H and O–H groups in total. The summed E-state index contributed by atoms with van der Waals surface area (Å²) in [5.74, 6) is -1.36. The minimum absolute atomic E-state index is 0.225. The van der Waals surface area contributed by atoms with Gasteiger partial charge in [-0.15, -0.1) is 5.10 Å². The monoisotopic (exact) mass is 291 g/mol. The predicted octanol–water partition coefficient (Wildman–Crippen LogP) is 1.39. The van der Waals surface area contributed by atoms with E-state index in [1.54, 1.807) is 6.21 Å². The Kier molecular flexibility index (Phi) is 4.52. The quantitative estimate of drug-likeness (QED) is 0.648. The molecule has 1 unspecified atom stereocenters. The van der Waals surface area contributed by atoms with Crippen LogP contribution in [0.2, 0.25) is 0 Å². The number of carboxylic acids is 1. The summed E-state index contributed by atoms with van der Waals surface area (Å²) >= 11 is 1.08. The van der Waals surface area contributed by atoms with Crippen LogP contribution in [0.15, 0.2) is 34.5 Å². The Hall–Kier alpha value is -2.15. The number of hydrogen-bond donors (Lipinski definition) is 2. The number of aryl methyl sites for hydroxylation is 1. The highest BCUT2D eigenvalue weighted by Gasteiger charge is 2.32. The molecule has 1 fully saturated rings. The summed E-state index contributed by atoms with van der Waals surface area (Å²) in [5, 5.41) is 18.6. The van der Waals surface area contributed by atoms with Crippen molar-refractivity contribution in [2.75, 3.05) is 0 Å². The molecule has 0 aliphatic carbocycles. The zero-order chi connectivity index (χ0) is 14.5. The van der Waals surface area contributed by atoms with Crippen LogP contribution in [-0.4, -0.2) is 33.6 Å². The van der Waals surface area contributed by atoms with E-state index in [0.717, 1.165) is 22.9 Å². The molecular weight excluding hydrogens is 278 g/mol. The van der Waals surface area contributed by atoms with E-state index >= 15 is 0 Å². The minimum atomic E-state index is -1.01. The van der Waals surface area contributed by atoms with E-state index in [2.05, 4.69) is 15.5 Å². The highest BCUT2D eigenvalue weighted by Crippen LogP contribution is 2.22. The SMILES string of the molecule is Cc1ccc(C=N/N=C2\NC(=O)C(CC(=O)O)S2)cc1. The number of carbonyl (C=O) groups is 2. The van der Waals surface area contributed by atoms with Gasteiger partial charge in [0.25, 0.3) is 0 Å². The van der Waals surface area contributed by atoms with Gasteiger partial charge in [-0.25, -0.2) is 0 Å². The van der Waals surface area contributed by atoms with Crippen LogP contribution in [0.1, 0.15) is 17.5 Å². The predicted molar refractivity (Wildman–Crippen MR) is 78.0 cm³/mol. The van der Waals surface area contributed by atoms with Crippen molar-refractivity contribution in [1.82, 2.24) is 5.32 Å². The molecule has 1 aromatic rings. The number of carboxylic acid groups (broad SMARTS) is 1. The van der Waals surface area contributed by atoms with E-state index in [1.807, 2.05) is 31.2 Å². The van der Waals surface area contributed by atoms with Crippen molar-refractivity contribution < 1.29 is 14.7 Å². The van der Waals surface area contributed by atoms with E-state index in [9.17, 15) is 9.59 Å². The van der Waals surface area contributed by atoms with Crippen molar-refractivity contribution in [3.05, 3.63) is 35.4 Å². The first-order valence-electron chi connectivity index (χ1n) is 5.91.